The molecule has 3 N–H and O–H groups in total. The van der Waals surface area contributed by atoms with E-state index in [1.54, 1.807) is 7.05 Å². The van der Waals surface area contributed by atoms with Crippen LogP contribution in [0.2, 0.25) is 0 Å². The van der Waals surface area contributed by atoms with Gasteiger partial charge in [0.05, 0.1) is 12.1 Å². The average Bonchev–Trinajstić information content (AvgIpc) is 2.56. The minimum absolute atomic E-state index is 0.0614. The van der Waals surface area contributed by atoms with E-state index in [-0.39, 0.29) is 18.0 Å². The van der Waals surface area contributed by atoms with Crippen molar-refractivity contribution in [2.45, 2.75) is 32.7 Å². The van der Waals surface area contributed by atoms with Crippen molar-refractivity contribution in [2.75, 3.05) is 20.1 Å². The van der Waals surface area contributed by atoms with E-state index in [4.69, 9.17) is 0 Å². The zero-order valence-electron chi connectivity index (χ0n) is 15.4. The lowest BCUT2D eigenvalue weighted by molar-refractivity contribution is -0.121. The van der Waals surface area contributed by atoms with Crippen molar-refractivity contribution < 1.29 is 4.79 Å². The van der Waals surface area contributed by atoms with Crippen molar-refractivity contribution >= 4 is 22.8 Å². The molecule has 0 atom stereocenters. The van der Waals surface area contributed by atoms with Gasteiger partial charge in [0.15, 0.2) is 5.96 Å². The van der Waals surface area contributed by atoms with Crippen LogP contribution in [0.1, 0.15) is 26.3 Å². The molecule has 1 aromatic carbocycles. The summed E-state index contributed by atoms with van der Waals surface area (Å²) in [6.45, 7) is 6.76. The maximum atomic E-state index is 11.9. The van der Waals surface area contributed by atoms with Crippen molar-refractivity contribution in [3.8, 4) is 0 Å². The van der Waals surface area contributed by atoms with E-state index in [1.807, 2.05) is 39.1 Å². The fourth-order valence-corrected chi connectivity index (χ4v) is 2.53. The molecule has 0 aliphatic heterocycles. The molecule has 2 rings (SSSR count). The van der Waals surface area contributed by atoms with Gasteiger partial charge in [0.25, 0.3) is 0 Å². The number of aliphatic imine (C=N–C) groups is 1. The summed E-state index contributed by atoms with van der Waals surface area (Å²) < 4.78 is 0. The van der Waals surface area contributed by atoms with E-state index in [2.05, 4.69) is 44.1 Å². The lowest BCUT2D eigenvalue weighted by Gasteiger charge is -2.21. The summed E-state index contributed by atoms with van der Waals surface area (Å²) >= 11 is 0. The van der Waals surface area contributed by atoms with Crippen molar-refractivity contribution in [2.24, 2.45) is 4.99 Å². The van der Waals surface area contributed by atoms with Gasteiger partial charge < -0.3 is 16.0 Å². The first-order valence-electron chi connectivity index (χ1n) is 8.47. The molecule has 0 aliphatic carbocycles. The van der Waals surface area contributed by atoms with E-state index < -0.39 is 0 Å². The molecule has 1 heterocycles. The SMILES string of the molecule is CN=C(NCCc1cccc2cccnc12)NCC(=O)NC(C)(C)C. The largest absolute Gasteiger partial charge is 0.356 e. The first-order valence-corrected chi connectivity index (χ1v) is 8.47. The topological polar surface area (TPSA) is 78.4 Å². The number of para-hydroxylation sites is 1. The molecule has 6 nitrogen and oxygen atoms in total. The normalized spacial score (nSPS) is 12.1. The molecule has 25 heavy (non-hydrogen) atoms. The summed E-state index contributed by atoms with van der Waals surface area (Å²) in [6, 6.07) is 10.2. The molecule has 2 aromatic rings. The number of benzene rings is 1. The van der Waals surface area contributed by atoms with E-state index in [0.29, 0.717) is 12.5 Å². The average molecular weight is 341 g/mol. The second kappa shape index (κ2) is 8.46. The molecule has 0 saturated carbocycles. The van der Waals surface area contributed by atoms with Crippen LogP contribution in [0, 0.1) is 0 Å². The van der Waals surface area contributed by atoms with Gasteiger partial charge in [-0.3, -0.25) is 14.8 Å². The highest BCUT2D eigenvalue weighted by Crippen LogP contribution is 2.15. The second-order valence-corrected chi connectivity index (χ2v) is 6.89. The molecule has 0 saturated heterocycles. The first-order chi connectivity index (χ1) is 11.9. The predicted octanol–water partition coefficient (Wildman–Crippen LogP) is 1.86. The maximum Gasteiger partial charge on any atom is 0.239 e. The second-order valence-electron chi connectivity index (χ2n) is 6.89. The van der Waals surface area contributed by atoms with Gasteiger partial charge in [0, 0.05) is 30.7 Å². The molecular weight excluding hydrogens is 314 g/mol. The van der Waals surface area contributed by atoms with Crippen LogP contribution in [-0.4, -0.2) is 42.5 Å². The molecule has 6 heteroatoms. The Morgan fingerprint density at radius 1 is 1.16 bits per heavy atom. The Bertz CT molecular complexity index is 744. The number of carbonyl (C=O) groups is 1. The van der Waals surface area contributed by atoms with Gasteiger partial charge in [-0.2, -0.15) is 0 Å². The number of pyridine rings is 1. The van der Waals surface area contributed by atoms with Gasteiger partial charge in [0.1, 0.15) is 0 Å². The number of hydrogen-bond acceptors (Lipinski definition) is 3. The number of amides is 1. The monoisotopic (exact) mass is 341 g/mol. The third kappa shape index (κ3) is 6.06. The van der Waals surface area contributed by atoms with Crippen molar-refractivity contribution in [1.82, 2.24) is 20.9 Å². The fourth-order valence-electron chi connectivity index (χ4n) is 2.53. The molecule has 0 bridgehead atoms. The van der Waals surface area contributed by atoms with Crippen LogP contribution in [0.3, 0.4) is 0 Å². The van der Waals surface area contributed by atoms with Gasteiger partial charge in [0.2, 0.25) is 5.91 Å². The highest BCUT2D eigenvalue weighted by molar-refractivity contribution is 5.86. The standard InChI is InChI=1S/C19H27N5O/c1-19(2,3)24-16(25)13-23-18(20-4)22-12-10-15-8-5-7-14-9-6-11-21-17(14)15/h5-9,11H,10,12-13H2,1-4H3,(H,24,25)(H2,20,22,23). The predicted molar refractivity (Wildman–Crippen MR) is 103 cm³/mol. The molecule has 1 amide bonds. The Hall–Kier alpha value is -2.63. The molecule has 0 unspecified atom stereocenters. The fraction of sp³-hybridized carbons (Fsp3) is 0.421. The Kier molecular flexibility index (Phi) is 6.33. The lowest BCUT2D eigenvalue weighted by Crippen LogP contribution is -2.48. The third-order valence-corrected chi connectivity index (χ3v) is 3.56. The number of nitrogens with zero attached hydrogens (tertiary/aromatic N) is 2. The Morgan fingerprint density at radius 3 is 2.64 bits per heavy atom. The van der Waals surface area contributed by atoms with Crippen LogP contribution < -0.4 is 16.0 Å². The Balaban J connectivity index is 1.84. The summed E-state index contributed by atoms with van der Waals surface area (Å²) in [7, 11) is 1.69. The number of fused-ring (bicyclic) bond motifs is 1. The number of aromatic nitrogens is 1. The molecule has 0 spiro atoms. The van der Waals surface area contributed by atoms with Crippen LogP contribution in [0.25, 0.3) is 10.9 Å². The highest BCUT2D eigenvalue weighted by atomic mass is 16.2. The van der Waals surface area contributed by atoms with Gasteiger partial charge in [-0.15, -0.1) is 0 Å². The Labute approximate surface area is 149 Å². The molecule has 134 valence electrons. The van der Waals surface area contributed by atoms with Crippen molar-refractivity contribution in [3.05, 3.63) is 42.1 Å². The summed E-state index contributed by atoms with van der Waals surface area (Å²) in [5.74, 6) is 0.547. The number of guanidine groups is 1. The van der Waals surface area contributed by atoms with Crippen LogP contribution in [-0.2, 0) is 11.2 Å². The quantitative estimate of drug-likeness (QED) is 0.573. The smallest absolute Gasteiger partial charge is 0.239 e. The zero-order valence-corrected chi connectivity index (χ0v) is 15.4. The van der Waals surface area contributed by atoms with Crippen LogP contribution >= 0.6 is 0 Å². The highest BCUT2D eigenvalue weighted by Gasteiger charge is 2.13. The summed E-state index contributed by atoms with van der Waals surface area (Å²) in [5.41, 5.74) is 1.97. The number of hydrogen-bond donors (Lipinski definition) is 3. The number of rotatable bonds is 5. The lowest BCUT2D eigenvalue weighted by atomic mass is 10.1. The molecule has 1 aromatic heterocycles. The number of carbonyl (C=O) groups excluding carboxylic acids is 1. The molecule has 0 aliphatic rings. The van der Waals surface area contributed by atoms with Crippen molar-refractivity contribution in [1.29, 1.82) is 0 Å². The van der Waals surface area contributed by atoms with Gasteiger partial charge in [-0.1, -0.05) is 24.3 Å². The van der Waals surface area contributed by atoms with Crippen LogP contribution in [0.5, 0.6) is 0 Å². The van der Waals surface area contributed by atoms with Crippen LogP contribution in [0.4, 0.5) is 0 Å². The Morgan fingerprint density at radius 2 is 1.92 bits per heavy atom. The van der Waals surface area contributed by atoms with E-state index in [9.17, 15) is 4.79 Å². The number of nitrogens with one attached hydrogen (secondary N) is 3. The molecular formula is C19H27N5O. The van der Waals surface area contributed by atoms with Gasteiger partial charge >= 0.3 is 0 Å². The van der Waals surface area contributed by atoms with E-state index in [0.717, 1.165) is 17.3 Å². The van der Waals surface area contributed by atoms with Gasteiger partial charge in [-0.25, -0.2) is 0 Å². The first kappa shape index (κ1) is 18.7. The summed E-state index contributed by atoms with van der Waals surface area (Å²) in [6.07, 6.45) is 2.64. The van der Waals surface area contributed by atoms with Gasteiger partial charge in [-0.05, 0) is 38.8 Å². The summed E-state index contributed by atoms with van der Waals surface area (Å²) in [5, 5.41) is 10.3. The van der Waals surface area contributed by atoms with E-state index in [1.165, 1.54) is 5.56 Å². The van der Waals surface area contributed by atoms with Crippen molar-refractivity contribution in [3.63, 3.8) is 0 Å². The minimum atomic E-state index is -0.239. The van der Waals surface area contributed by atoms with E-state index >= 15 is 0 Å². The zero-order chi connectivity index (χ0) is 18.3. The van der Waals surface area contributed by atoms with Crippen LogP contribution in [0.15, 0.2) is 41.5 Å². The summed E-state index contributed by atoms with van der Waals surface area (Å²) in [4.78, 5) is 20.5. The molecule has 0 radical (unpaired) electrons. The minimum Gasteiger partial charge on any atom is -0.356 e. The third-order valence-electron chi connectivity index (χ3n) is 3.56. The molecule has 0 fully saturated rings. The maximum absolute atomic E-state index is 11.9.